The Morgan fingerprint density at radius 3 is 1.31 bits per heavy atom. The molecule has 16 heavy (non-hydrogen) atoms. The summed E-state index contributed by atoms with van der Waals surface area (Å²) in [4.78, 5) is 0. The van der Waals surface area contributed by atoms with Crippen molar-refractivity contribution < 1.29 is 0 Å². The Kier molecular flexibility index (Phi) is 12.4. The Bertz CT molecular complexity index is 124. The van der Waals surface area contributed by atoms with Gasteiger partial charge in [-0.1, -0.05) is 73.3 Å². The van der Waals surface area contributed by atoms with Crippen molar-refractivity contribution in [1.82, 2.24) is 0 Å². The molecule has 0 saturated carbocycles. The zero-order valence-electron chi connectivity index (χ0n) is 13.3. The van der Waals surface area contributed by atoms with E-state index in [1.807, 2.05) is 0 Å². The molecule has 0 aromatic carbocycles. The molecule has 0 saturated heterocycles. The zero-order valence-corrected chi connectivity index (χ0v) is 15.6. The van der Waals surface area contributed by atoms with E-state index in [1.165, 1.54) is 12.5 Å². The van der Waals surface area contributed by atoms with Crippen LogP contribution in [0.3, 0.4) is 0 Å². The van der Waals surface area contributed by atoms with Crippen molar-refractivity contribution in [2.24, 2.45) is 11.8 Å². The molecule has 0 aliphatic carbocycles. The summed E-state index contributed by atoms with van der Waals surface area (Å²) in [5, 5.41) is 0. The fourth-order valence-corrected chi connectivity index (χ4v) is 4.31. The maximum Gasteiger partial charge on any atom is 0.0336 e. The predicted octanol–water partition coefficient (Wildman–Crippen LogP) is 5.04. The summed E-state index contributed by atoms with van der Waals surface area (Å²) < 4.78 is 0. The summed E-state index contributed by atoms with van der Waals surface area (Å²) in [6, 6.07) is 1.53. The van der Waals surface area contributed by atoms with Crippen LogP contribution >= 0.6 is 0 Å². The van der Waals surface area contributed by atoms with E-state index in [0.717, 1.165) is 17.4 Å². The Labute approximate surface area is 108 Å². The highest BCUT2D eigenvalue weighted by molar-refractivity contribution is 6.57. The number of hydrogen-bond donors (Lipinski definition) is 0. The van der Waals surface area contributed by atoms with Gasteiger partial charge in [-0.25, -0.2) is 0 Å². The lowest BCUT2D eigenvalue weighted by molar-refractivity contribution is 0.614. The minimum atomic E-state index is -0.323. The summed E-state index contributed by atoms with van der Waals surface area (Å²) in [5.74, 6) is 1.83. The van der Waals surface area contributed by atoms with Crippen LogP contribution < -0.4 is 0 Å². The lowest BCUT2D eigenvalue weighted by atomic mass is 10.1. The first-order chi connectivity index (χ1) is 7.18. The molecule has 0 N–H and O–H groups in total. The van der Waals surface area contributed by atoms with Crippen LogP contribution in [0.1, 0.15) is 41.0 Å². The Morgan fingerprint density at radius 2 is 1.25 bits per heavy atom. The van der Waals surface area contributed by atoms with Crippen LogP contribution in [0, 0.1) is 11.8 Å². The fourth-order valence-electron chi connectivity index (χ4n) is 1.44. The van der Waals surface area contributed by atoms with Crippen molar-refractivity contribution in [2.45, 2.75) is 78.8 Å². The standard InChI is InChI=1S/2C7H18Si/c1-7(2)5-6-8(3)4;1-6(2)7(3)8(4)5/h7-8H,5-6H2,1-4H3;6-8H,1-5H3. The van der Waals surface area contributed by atoms with Crippen molar-refractivity contribution in [2.75, 3.05) is 0 Å². The average Bonchev–Trinajstić information content (AvgIpc) is 2.14. The van der Waals surface area contributed by atoms with E-state index in [9.17, 15) is 0 Å². The van der Waals surface area contributed by atoms with Gasteiger partial charge in [-0.05, 0) is 17.4 Å². The molecule has 0 amide bonds. The summed E-state index contributed by atoms with van der Waals surface area (Å²) >= 11 is 0. The van der Waals surface area contributed by atoms with Crippen molar-refractivity contribution in [3.05, 3.63) is 0 Å². The van der Waals surface area contributed by atoms with Crippen LogP contribution in [0.5, 0.6) is 0 Å². The third kappa shape index (κ3) is 14.4. The highest BCUT2D eigenvalue weighted by atomic mass is 28.3. The molecule has 0 fully saturated rings. The zero-order chi connectivity index (χ0) is 13.3. The van der Waals surface area contributed by atoms with Crippen LogP contribution in [-0.4, -0.2) is 17.6 Å². The van der Waals surface area contributed by atoms with E-state index in [2.05, 4.69) is 60.8 Å². The van der Waals surface area contributed by atoms with Crippen molar-refractivity contribution >= 4 is 17.6 Å². The van der Waals surface area contributed by atoms with Crippen molar-refractivity contribution in [3.8, 4) is 0 Å². The van der Waals surface area contributed by atoms with Crippen molar-refractivity contribution in [1.29, 1.82) is 0 Å². The van der Waals surface area contributed by atoms with Gasteiger partial charge in [-0.15, -0.1) is 0 Å². The van der Waals surface area contributed by atoms with Gasteiger partial charge in [0.2, 0.25) is 0 Å². The van der Waals surface area contributed by atoms with Gasteiger partial charge in [0.05, 0.1) is 0 Å². The summed E-state index contributed by atoms with van der Waals surface area (Å²) in [7, 11) is -0.549. The molecule has 0 aliphatic heterocycles. The molecular formula is C14H36Si2. The summed E-state index contributed by atoms with van der Waals surface area (Å²) in [6.07, 6.45) is 1.45. The van der Waals surface area contributed by atoms with Gasteiger partial charge in [0.25, 0.3) is 0 Å². The summed E-state index contributed by atoms with van der Waals surface area (Å²) in [6.45, 7) is 21.3. The third-order valence-electron chi connectivity index (χ3n) is 3.42. The minimum Gasteiger partial charge on any atom is -0.0722 e. The Morgan fingerprint density at radius 1 is 0.812 bits per heavy atom. The fraction of sp³-hybridized carbons (Fsp3) is 1.00. The second-order valence-electron chi connectivity index (χ2n) is 6.71. The van der Waals surface area contributed by atoms with E-state index >= 15 is 0 Å². The average molecular weight is 261 g/mol. The normalized spacial score (nSPS) is 13.3. The van der Waals surface area contributed by atoms with E-state index in [-0.39, 0.29) is 17.6 Å². The highest BCUT2D eigenvalue weighted by Gasteiger charge is 2.11. The van der Waals surface area contributed by atoms with Gasteiger partial charge < -0.3 is 0 Å². The molecule has 0 aromatic heterocycles. The SMILES string of the molecule is CC(C)C(C)[SiH](C)C.CC(C)CC[SiH](C)C. The quantitative estimate of drug-likeness (QED) is 0.608. The molecule has 0 radical (unpaired) electrons. The molecule has 2 heteroatoms. The van der Waals surface area contributed by atoms with E-state index < -0.39 is 0 Å². The predicted molar refractivity (Wildman–Crippen MR) is 86.3 cm³/mol. The van der Waals surface area contributed by atoms with Crippen LogP contribution in [0.4, 0.5) is 0 Å². The lowest BCUT2D eigenvalue weighted by Crippen LogP contribution is -2.13. The Hall–Kier alpha value is 0.434. The largest absolute Gasteiger partial charge is 0.0722 e. The van der Waals surface area contributed by atoms with E-state index in [1.54, 1.807) is 0 Å². The first-order valence-corrected chi connectivity index (χ1v) is 13.3. The van der Waals surface area contributed by atoms with Gasteiger partial charge in [0.15, 0.2) is 0 Å². The molecule has 0 aliphatic rings. The molecule has 0 aromatic rings. The molecular weight excluding hydrogens is 224 g/mol. The molecule has 0 rings (SSSR count). The molecule has 0 bridgehead atoms. The molecule has 1 atom stereocenters. The maximum absolute atomic E-state index is 2.42. The van der Waals surface area contributed by atoms with Gasteiger partial charge in [0.1, 0.15) is 0 Å². The number of hydrogen-bond acceptors (Lipinski definition) is 0. The maximum atomic E-state index is 2.42. The lowest BCUT2D eigenvalue weighted by Gasteiger charge is -2.17. The van der Waals surface area contributed by atoms with Gasteiger partial charge >= 0.3 is 0 Å². The first-order valence-electron chi connectivity index (χ1n) is 7.18. The van der Waals surface area contributed by atoms with E-state index in [4.69, 9.17) is 0 Å². The van der Waals surface area contributed by atoms with Crippen LogP contribution in [0.15, 0.2) is 0 Å². The second kappa shape index (κ2) is 10.6. The van der Waals surface area contributed by atoms with Crippen LogP contribution in [0.25, 0.3) is 0 Å². The second-order valence-corrected chi connectivity index (χ2v) is 13.6. The van der Waals surface area contributed by atoms with Gasteiger partial charge in [-0.3, -0.25) is 0 Å². The van der Waals surface area contributed by atoms with Crippen molar-refractivity contribution in [3.63, 3.8) is 0 Å². The highest BCUT2D eigenvalue weighted by Crippen LogP contribution is 2.19. The molecule has 0 spiro atoms. The monoisotopic (exact) mass is 260 g/mol. The number of rotatable bonds is 5. The molecule has 1 unspecified atom stereocenters. The van der Waals surface area contributed by atoms with E-state index in [0.29, 0.717) is 0 Å². The first kappa shape index (κ1) is 18.8. The Balaban J connectivity index is 0. The summed E-state index contributed by atoms with van der Waals surface area (Å²) in [5.41, 5.74) is 1.01. The minimum absolute atomic E-state index is 0.227. The third-order valence-corrected chi connectivity index (χ3v) is 7.79. The smallest absolute Gasteiger partial charge is 0.0336 e. The molecule has 100 valence electrons. The topological polar surface area (TPSA) is 0 Å². The van der Waals surface area contributed by atoms with Crippen LogP contribution in [-0.2, 0) is 0 Å². The van der Waals surface area contributed by atoms with Gasteiger partial charge in [-0.2, -0.15) is 0 Å². The van der Waals surface area contributed by atoms with Gasteiger partial charge in [0, 0.05) is 17.6 Å². The molecule has 0 nitrogen and oxygen atoms in total. The molecule has 0 heterocycles. The van der Waals surface area contributed by atoms with Crippen LogP contribution in [0.2, 0.25) is 37.8 Å².